The summed E-state index contributed by atoms with van der Waals surface area (Å²) in [6.45, 7) is 10.2. The quantitative estimate of drug-likeness (QED) is 0.351. The van der Waals surface area contributed by atoms with Crippen molar-refractivity contribution in [3.8, 4) is 0 Å². The highest BCUT2D eigenvalue weighted by Crippen LogP contribution is 2.21. The molecule has 1 aliphatic rings. The molecule has 7 nitrogen and oxygen atoms in total. The van der Waals surface area contributed by atoms with Gasteiger partial charge in [-0.05, 0) is 42.7 Å². The first kappa shape index (κ1) is 24.4. The van der Waals surface area contributed by atoms with E-state index in [-0.39, 0.29) is 12.6 Å². The maximum atomic E-state index is 12.3. The predicted octanol–water partition coefficient (Wildman–Crippen LogP) is 2.88. The van der Waals surface area contributed by atoms with Crippen molar-refractivity contribution in [2.24, 2.45) is 5.92 Å². The minimum Gasteiger partial charge on any atom is -0.450 e. The number of alkyl carbamates (subject to hydrolysis) is 1. The van der Waals surface area contributed by atoms with E-state index >= 15 is 0 Å². The Bertz CT molecular complexity index is 766. The lowest BCUT2D eigenvalue weighted by Crippen LogP contribution is -2.45. The van der Waals surface area contributed by atoms with Gasteiger partial charge in [-0.3, -0.25) is 9.59 Å². The van der Waals surface area contributed by atoms with Gasteiger partial charge in [0.15, 0.2) is 0 Å². The molecule has 0 bridgehead atoms. The Hall–Kier alpha value is -2.83. The number of carbonyl (C=O) groups is 3. The van der Waals surface area contributed by atoms with E-state index in [0.29, 0.717) is 24.6 Å². The van der Waals surface area contributed by atoms with Crippen molar-refractivity contribution in [2.45, 2.75) is 65.0 Å². The van der Waals surface area contributed by atoms with Crippen molar-refractivity contribution in [3.63, 3.8) is 0 Å². The number of carbonyl (C=O) groups excluding carboxylic acids is 3. The van der Waals surface area contributed by atoms with Crippen LogP contribution in [0.25, 0.3) is 0 Å². The Morgan fingerprint density at radius 2 is 1.81 bits per heavy atom. The topological polar surface area (TPSA) is 96.5 Å². The first-order chi connectivity index (χ1) is 14.8. The van der Waals surface area contributed by atoms with Gasteiger partial charge in [-0.1, -0.05) is 58.0 Å². The van der Waals surface area contributed by atoms with E-state index in [1.807, 2.05) is 45.0 Å². The average molecular weight is 430 g/mol. The summed E-state index contributed by atoms with van der Waals surface area (Å²) in [5.41, 5.74) is 2.90. The third-order valence-electron chi connectivity index (χ3n) is 5.27. The fourth-order valence-electron chi connectivity index (χ4n) is 3.58. The first-order valence-corrected chi connectivity index (χ1v) is 11.1. The molecule has 0 radical (unpaired) electrons. The molecule has 3 N–H and O–H groups in total. The lowest BCUT2D eigenvalue weighted by Gasteiger charge is -2.23. The van der Waals surface area contributed by atoms with Crippen LogP contribution in [0.4, 0.5) is 4.79 Å². The van der Waals surface area contributed by atoms with Crippen molar-refractivity contribution in [1.29, 1.82) is 0 Å². The summed E-state index contributed by atoms with van der Waals surface area (Å²) >= 11 is 0. The Morgan fingerprint density at radius 3 is 2.39 bits per heavy atom. The smallest absolute Gasteiger partial charge is 0.407 e. The number of ketones is 1. The summed E-state index contributed by atoms with van der Waals surface area (Å²) in [6.07, 6.45) is 3.33. The second kappa shape index (κ2) is 12.1. The highest BCUT2D eigenvalue weighted by Gasteiger charge is 2.25. The number of nitrogens with one attached hydrogen (secondary N) is 3. The molecule has 170 valence electrons. The zero-order valence-electron chi connectivity index (χ0n) is 18.8. The van der Waals surface area contributed by atoms with Crippen molar-refractivity contribution < 1.29 is 19.1 Å². The van der Waals surface area contributed by atoms with Gasteiger partial charge in [0.25, 0.3) is 5.91 Å². The van der Waals surface area contributed by atoms with Gasteiger partial charge in [0, 0.05) is 11.7 Å². The molecule has 1 unspecified atom stereocenters. The largest absolute Gasteiger partial charge is 0.450 e. The van der Waals surface area contributed by atoms with Gasteiger partial charge in [-0.15, -0.1) is 0 Å². The number of hydrogen-bond acceptors (Lipinski definition) is 5. The molecular formula is C24H35N3O4. The normalized spacial score (nSPS) is 13.9. The van der Waals surface area contributed by atoms with E-state index < -0.39 is 23.8 Å². The Kier molecular flexibility index (Phi) is 9.56. The predicted molar refractivity (Wildman–Crippen MR) is 121 cm³/mol. The molecule has 1 aromatic rings. The highest BCUT2D eigenvalue weighted by atomic mass is 16.5. The van der Waals surface area contributed by atoms with E-state index in [9.17, 15) is 14.4 Å². The number of benzene rings is 1. The minimum atomic E-state index is -0.606. The molecule has 0 saturated carbocycles. The number of Topliss-reactive ketones (excluding diaryl/α,β-unsaturated/α-hetero) is 1. The van der Waals surface area contributed by atoms with Crippen LogP contribution in [0.2, 0.25) is 0 Å². The van der Waals surface area contributed by atoms with Crippen LogP contribution < -0.4 is 16.0 Å². The van der Waals surface area contributed by atoms with Crippen molar-refractivity contribution in [2.75, 3.05) is 13.2 Å². The SMILES string of the molecule is C=C(NCC(=O)C(=O)NC1Cc2ccccc2C1)C(CC(C)C)NC(=O)OCCCC. The van der Waals surface area contributed by atoms with Crippen LogP contribution in [-0.4, -0.2) is 43.0 Å². The fraction of sp³-hybridized carbons (Fsp3) is 0.542. The highest BCUT2D eigenvalue weighted by molar-refractivity contribution is 6.37. The molecule has 0 aromatic heterocycles. The van der Waals surface area contributed by atoms with Crippen molar-refractivity contribution >= 4 is 17.8 Å². The molecule has 0 spiro atoms. The van der Waals surface area contributed by atoms with Crippen LogP contribution in [0.15, 0.2) is 36.5 Å². The molecule has 0 heterocycles. The molecule has 2 rings (SSSR count). The summed E-state index contributed by atoms with van der Waals surface area (Å²) < 4.78 is 5.16. The average Bonchev–Trinajstić information content (AvgIpc) is 3.13. The lowest BCUT2D eigenvalue weighted by atomic mass is 10.0. The summed E-state index contributed by atoms with van der Waals surface area (Å²) in [5, 5.41) is 8.53. The van der Waals surface area contributed by atoms with Crippen LogP contribution >= 0.6 is 0 Å². The number of amides is 2. The van der Waals surface area contributed by atoms with Gasteiger partial charge < -0.3 is 20.7 Å². The van der Waals surface area contributed by atoms with E-state index in [1.54, 1.807) is 0 Å². The molecule has 0 aliphatic heterocycles. The zero-order chi connectivity index (χ0) is 22.8. The molecule has 0 fully saturated rings. The Labute approximate surface area is 185 Å². The van der Waals surface area contributed by atoms with Crippen LogP contribution in [-0.2, 0) is 27.2 Å². The minimum absolute atomic E-state index is 0.0645. The number of fused-ring (bicyclic) bond motifs is 1. The van der Waals surface area contributed by atoms with Gasteiger partial charge in [0.1, 0.15) is 0 Å². The second-order valence-electron chi connectivity index (χ2n) is 8.47. The van der Waals surface area contributed by atoms with Gasteiger partial charge >= 0.3 is 6.09 Å². The molecule has 1 aliphatic carbocycles. The van der Waals surface area contributed by atoms with Crippen LogP contribution in [0.1, 0.15) is 51.2 Å². The molecule has 1 aromatic carbocycles. The molecule has 0 saturated heterocycles. The van der Waals surface area contributed by atoms with Crippen LogP contribution in [0, 0.1) is 5.92 Å². The molecular weight excluding hydrogens is 394 g/mol. The van der Waals surface area contributed by atoms with Crippen molar-refractivity contribution in [1.82, 2.24) is 16.0 Å². The monoisotopic (exact) mass is 429 g/mol. The summed E-state index contributed by atoms with van der Waals surface area (Å²) in [5.74, 6) is -0.876. The number of unbranched alkanes of at least 4 members (excludes halogenated alkanes) is 1. The Morgan fingerprint density at radius 1 is 1.16 bits per heavy atom. The number of rotatable bonds is 12. The first-order valence-electron chi connectivity index (χ1n) is 11.1. The third kappa shape index (κ3) is 8.07. The molecule has 31 heavy (non-hydrogen) atoms. The van der Waals surface area contributed by atoms with Crippen LogP contribution in [0.5, 0.6) is 0 Å². The zero-order valence-corrected chi connectivity index (χ0v) is 18.8. The number of ether oxygens (including phenoxy) is 1. The summed E-state index contributed by atoms with van der Waals surface area (Å²) in [4.78, 5) is 36.7. The van der Waals surface area contributed by atoms with E-state index in [4.69, 9.17) is 4.74 Å². The van der Waals surface area contributed by atoms with Gasteiger partial charge in [0.05, 0.1) is 19.2 Å². The maximum Gasteiger partial charge on any atom is 0.407 e. The number of hydrogen-bond donors (Lipinski definition) is 3. The van der Waals surface area contributed by atoms with E-state index in [1.165, 1.54) is 11.1 Å². The molecule has 1 atom stereocenters. The molecule has 7 heteroatoms. The van der Waals surface area contributed by atoms with Crippen LogP contribution in [0.3, 0.4) is 0 Å². The standard InChI is InChI=1S/C24H35N3O4/c1-5-6-11-31-24(30)27-21(12-16(2)3)17(4)25-15-22(28)23(29)26-20-13-18-9-7-8-10-19(18)14-20/h7-10,16,20-21,25H,4-6,11-15H2,1-3H3,(H,26,29)(H,27,30). The van der Waals surface area contributed by atoms with E-state index in [0.717, 1.165) is 25.7 Å². The maximum absolute atomic E-state index is 12.3. The fourth-order valence-corrected chi connectivity index (χ4v) is 3.58. The lowest BCUT2D eigenvalue weighted by molar-refractivity contribution is -0.137. The van der Waals surface area contributed by atoms with Crippen molar-refractivity contribution in [3.05, 3.63) is 47.7 Å². The van der Waals surface area contributed by atoms with E-state index in [2.05, 4.69) is 22.5 Å². The summed E-state index contributed by atoms with van der Waals surface area (Å²) in [7, 11) is 0. The summed E-state index contributed by atoms with van der Waals surface area (Å²) in [6, 6.07) is 7.59. The third-order valence-corrected chi connectivity index (χ3v) is 5.27. The Balaban J connectivity index is 1.80. The second-order valence-corrected chi connectivity index (χ2v) is 8.47. The van der Waals surface area contributed by atoms with Gasteiger partial charge in [0.2, 0.25) is 5.78 Å². The van der Waals surface area contributed by atoms with Gasteiger partial charge in [-0.25, -0.2) is 4.79 Å². The van der Waals surface area contributed by atoms with Gasteiger partial charge in [-0.2, -0.15) is 0 Å². The molecule has 2 amide bonds.